The van der Waals surface area contributed by atoms with E-state index in [1.54, 1.807) is 18.7 Å². The van der Waals surface area contributed by atoms with E-state index in [1.165, 1.54) is 0 Å². The van der Waals surface area contributed by atoms with E-state index in [2.05, 4.69) is 5.32 Å². The molecule has 1 heterocycles. The van der Waals surface area contributed by atoms with E-state index in [4.69, 9.17) is 4.74 Å². The number of benzene rings is 1. The van der Waals surface area contributed by atoms with Crippen molar-refractivity contribution in [1.29, 1.82) is 0 Å². The second-order valence-electron chi connectivity index (χ2n) is 8.31. The first kappa shape index (κ1) is 22.3. The van der Waals surface area contributed by atoms with Gasteiger partial charge < -0.3 is 14.7 Å². The molecule has 164 valence electrons. The van der Waals surface area contributed by atoms with Crippen LogP contribution in [0.2, 0.25) is 0 Å². The first-order valence-electron chi connectivity index (χ1n) is 10.9. The van der Waals surface area contributed by atoms with Crippen molar-refractivity contribution < 1.29 is 24.2 Å². The average molecular weight is 417 g/mol. The fourth-order valence-electron chi connectivity index (χ4n) is 4.89. The van der Waals surface area contributed by atoms with Crippen LogP contribution in [0.5, 0.6) is 0 Å². The maximum atomic E-state index is 13.2. The number of amides is 1. The fourth-order valence-corrected chi connectivity index (χ4v) is 4.89. The van der Waals surface area contributed by atoms with E-state index in [9.17, 15) is 19.5 Å². The smallest absolute Gasteiger partial charge is 0.326 e. The molecular weight excluding hydrogens is 384 g/mol. The minimum atomic E-state index is -0.948. The molecule has 1 saturated carbocycles. The standard InChI is InChI=1S/C23H32N2O5/c1-3-30-23(29)18(13-12-16-8-5-4-6-9-16)24-15(2)21(26)25-19-11-7-10-17(19)14-20(25)22(27)28/h4-6,8-9,15,17-20,24H,3,7,10-14H2,1-2H3,(H,27,28)/t15?,17-,18-,19-,20-/m0/s1. The number of ether oxygens (including phenoxy) is 1. The van der Waals surface area contributed by atoms with Crippen LogP contribution in [0.3, 0.4) is 0 Å². The third-order valence-electron chi connectivity index (χ3n) is 6.33. The summed E-state index contributed by atoms with van der Waals surface area (Å²) < 4.78 is 5.21. The number of hydrogen-bond donors (Lipinski definition) is 2. The maximum absolute atomic E-state index is 13.2. The molecule has 7 heteroatoms. The van der Waals surface area contributed by atoms with Crippen LogP contribution < -0.4 is 5.32 Å². The summed E-state index contributed by atoms with van der Waals surface area (Å²) in [6.45, 7) is 3.72. The Morgan fingerprint density at radius 2 is 1.97 bits per heavy atom. The number of carbonyl (C=O) groups is 3. The van der Waals surface area contributed by atoms with E-state index in [0.29, 0.717) is 19.3 Å². The van der Waals surface area contributed by atoms with Gasteiger partial charge in [0.15, 0.2) is 0 Å². The summed E-state index contributed by atoms with van der Waals surface area (Å²) in [6.07, 6.45) is 4.54. The van der Waals surface area contributed by atoms with Crippen molar-refractivity contribution in [2.45, 2.75) is 76.5 Å². The molecule has 0 aromatic heterocycles. The predicted octanol–water partition coefficient (Wildman–Crippen LogP) is 2.38. The Labute approximate surface area is 177 Å². The normalized spacial score (nSPS) is 24.9. The fraction of sp³-hybridized carbons (Fsp3) is 0.609. The van der Waals surface area contributed by atoms with Crippen LogP contribution in [0.1, 0.15) is 51.5 Å². The first-order valence-corrected chi connectivity index (χ1v) is 10.9. The number of aryl methyl sites for hydroxylation is 1. The van der Waals surface area contributed by atoms with Crippen molar-refractivity contribution in [1.82, 2.24) is 10.2 Å². The van der Waals surface area contributed by atoms with Crippen LogP contribution >= 0.6 is 0 Å². The Hall–Kier alpha value is -2.41. The zero-order valence-corrected chi connectivity index (χ0v) is 17.8. The summed E-state index contributed by atoms with van der Waals surface area (Å²) in [6, 6.07) is 7.76. The Bertz CT molecular complexity index is 753. The highest BCUT2D eigenvalue weighted by Gasteiger charge is 2.49. The lowest BCUT2D eigenvalue weighted by molar-refractivity contribution is -0.151. The average Bonchev–Trinajstić information content (AvgIpc) is 3.32. The Kier molecular flexibility index (Phi) is 7.48. The lowest BCUT2D eigenvalue weighted by atomic mass is 10.0. The minimum Gasteiger partial charge on any atom is -0.480 e. The van der Waals surface area contributed by atoms with E-state index in [0.717, 1.165) is 24.8 Å². The molecule has 1 unspecified atom stereocenters. The van der Waals surface area contributed by atoms with Crippen LogP contribution in [-0.4, -0.2) is 58.6 Å². The molecule has 1 aliphatic carbocycles. The highest BCUT2D eigenvalue weighted by molar-refractivity contribution is 5.88. The van der Waals surface area contributed by atoms with Crippen LogP contribution in [0.25, 0.3) is 0 Å². The summed E-state index contributed by atoms with van der Waals surface area (Å²) in [5, 5.41) is 12.8. The zero-order valence-electron chi connectivity index (χ0n) is 17.8. The minimum absolute atomic E-state index is 0.00629. The molecule has 1 aromatic carbocycles. The highest BCUT2D eigenvalue weighted by Crippen LogP contribution is 2.41. The third-order valence-corrected chi connectivity index (χ3v) is 6.33. The lowest BCUT2D eigenvalue weighted by Gasteiger charge is -2.31. The lowest BCUT2D eigenvalue weighted by Crippen LogP contribution is -2.55. The third kappa shape index (κ3) is 5.01. The monoisotopic (exact) mass is 416 g/mol. The number of rotatable bonds is 9. The first-order chi connectivity index (χ1) is 14.4. The molecule has 3 rings (SSSR count). The van der Waals surface area contributed by atoms with Crippen molar-refractivity contribution >= 4 is 17.8 Å². The molecule has 1 amide bonds. The number of likely N-dealkylation sites (tertiary alicyclic amines) is 1. The predicted molar refractivity (Wildman–Crippen MR) is 112 cm³/mol. The molecule has 0 radical (unpaired) electrons. The van der Waals surface area contributed by atoms with E-state index in [-0.39, 0.29) is 30.4 Å². The van der Waals surface area contributed by atoms with Gasteiger partial charge in [0.1, 0.15) is 12.1 Å². The van der Waals surface area contributed by atoms with Gasteiger partial charge in [-0.3, -0.25) is 14.9 Å². The topological polar surface area (TPSA) is 95.9 Å². The van der Waals surface area contributed by atoms with E-state index in [1.807, 2.05) is 30.3 Å². The van der Waals surface area contributed by atoms with Crippen molar-refractivity contribution in [3.8, 4) is 0 Å². The van der Waals surface area contributed by atoms with Crippen LogP contribution in [0.4, 0.5) is 0 Å². The van der Waals surface area contributed by atoms with E-state index < -0.39 is 24.1 Å². The summed E-state index contributed by atoms with van der Waals surface area (Å²) in [7, 11) is 0. The molecular formula is C23H32N2O5. The largest absolute Gasteiger partial charge is 0.480 e. The Morgan fingerprint density at radius 3 is 2.63 bits per heavy atom. The molecule has 2 fully saturated rings. The van der Waals surface area contributed by atoms with Gasteiger partial charge in [-0.25, -0.2) is 4.79 Å². The van der Waals surface area contributed by atoms with Crippen LogP contribution in [0, 0.1) is 5.92 Å². The van der Waals surface area contributed by atoms with Gasteiger partial charge in [-0.2, -0.15) is 0 Å². The highest BCUT2D eigenvalue weighted by atomic mass is 16.5. The number of carboxylic acid groups (broad SMARTS) is 1. The number of aliphatic carboxylic acids is 1. The second kappa shape index (κ2) is 10.1. The van der Waals surface area contributed by atoms with Crippen molar-refractivity contribution in [2.24, 2.45) is 5.92 Å². The van der Waals surface area contributed by atoms with Gasteiger partial charge in [0.05, 0.1) is 12.6 Å². The molecule has 2 aliphatic rings. The molecule has 5 atom stereocenters. The van der Waals surface area contributed by atoms with Crippen molar-refractivity contribution in [3.05, 3.63) is 35.9 Å². The zero-order chi connectivity index (χ0) is 21.7. The number of hydrogen-bond acceptors (Lipinski definition) is 5. The number of carbonyl (C=O) groups excluding carboxylic acids is 2. The molecule has 2 N–H and O–H groups in total. The van der Waals surface area contributed by atoms with Gasteiger partial charge in [-0.05, 0) is 57.4 Å². The molecule has 1 saturated heterocycles. The van der Waals surface area contributed by atoms with Gasteiger partial charge in [0, 0.05) is 6.04 Å². The Balaban J connectivity index is 1.68. The molecule has 1 aliphatic heterocycles. The van der Waals surface area contributed by atoms with Gasteiger partial charge in [-0.1, -0.05) is 36.8 Å². The van der Waals surface area contributed by atoms with Crippen molar-refractivity contribution in [3.63, 3.8) is 0 Å². The Morgan fingerprint density at radius 1 is 1.23 bits per heavy atom. The number of esters is 1. The van der Waals surface area contributed by atoms with Crippen LogP contribution in [-0.2, 0) is 25.5 Å². The number of nitrogens with zero attached hydrogens (tertiary/aromatic N) is 1. The second-order valence-corrected chi connectivity index (χ2v) is 8.31. The number of nitrogens with one attached hydrogen (secondary N) is 1. The maximum Gasteiger partial charge on any atom is 0.326 e. The summed E-state index contributed by atoms with van der Waals surface area (Å²) in [5.41, 5.74) is 1.10. The summed E-state index contributed by atoms with van der Waals surface area (Å²) in [5.74, 6) is -1.31. The molecule has 1 aromatic rings. The number of fused-ring (bicyclic) bond motifs is 1. The molecule has 0 bridgehead atoms. The quantitative estimate of drug-likeness (QED) is 0.600. The van der Waals surface area contributed by atoms with Gasteiger partial charge in [0.2, 0.25) is 5.91 Å². The van der Waals surface area contributed by atoms with Crippen LogP contribution in [0.15, 0.2) is 30.3 Å². The molecule has 7 nitrogen and oxygen atoms in total. The van der Waals surface area contributed by atoms with E-state index >= 15 is 0 Å². The van der Waals surface area contributed by atoms with Gasteiger partial charge in [0.25, 0.3) is 0 Å². The summed E-state index contributed by atoms with van der Waals surface area (Å²) >= 11 is 0. The summed E-state index contributed by atoms with van der Waals surface area (Å²) in [4.78, 5) is 39.1. The van der Waals surface area contributed by atoms with Gasteiger partial charge >= 0.3 is 11.9 Å². The number of carboxylic acids is 1. The molecule has 0 spiro atoms. The van der Waals surface area contributed by atoms with Crippen molar-refractivity contribution in [2.75, 3.05) is 6.61 Å². The van der Waals surface area contributed by atoms with Gasteiger partial charge in [-0.15, -0.1) is 0 Å². The SMILES string of the molecule is CCOC(=O)[C@H](CCc1ccccc1)NC(C)C(=O)N1[C@H](C(=O)O)C[C@@H]2CCC[C@@H]21. The molecule has 30 heavy (non-hydrogen) atoms.